The van der Waals surface area contributed by atoms with E-state index in [0.29, 0.717) is 22.6 Å². The lowest BCUT2D eigenvalue weighted by Gasteiger charge is -2.14. The van der Waals surface area contributed by atoms with E-state index in [1.807, 2.05) is 37.3 Å². The minimum atomic E-state index is -1.11. The summed E-state index contributed by atoms with van der Waals surface area (Å²) in [6, 6.07) is 14.3. The van der Waals surface area contributed by atoms with E-state index in [-0.39, 0.29) is 17.7 Å². The first-order valence-electron chi connectivity index (χ1n) is 11.1. The molecule has 0 aliphatic carbocycles. The number of esters is 2. The van der Waals surface area contributed by atoms with E-state index in [4.69, 9.17) is 9.47 Å². The molecule has 0 unspecified atom stereocenters. The maximum atomic E-state index is 12.9. The smallest absolute Gasteiger partial charge is 0.341 e. The van der Waals surface area contributed by atoms with Crippen molar-refractivity contribution in [1.29, 1.82) is 0 Å². The number of ether oxygens (including phenoxy) is 2. The molecule has 9 nitrogen and oxygen atoms in total. The number of amides is 1. The molecule has 0 aliphatic heterocycles. The monoisotopic (exact) mass is 492 g/mol. The van der Waals surface area contributed by atoms with Gasteiger partial charge in [0.05, 0.1) is 17.7 Å². The Bertz CT molecular complexity index is 1380. The maximum absolute atomic E-state index is 12.9. The fraction of sp³-hybridized carbons (Fsp3) is 0.240. The van der Waals surface area contributed by atoms with Gasteiger partial charge in [0.1, 0.15) is 16.1 Å². The minimum Gasteiger partial charge on any atom is -0.462 e. The average molecular weight is 493 g/mol. The van der Waals surface area contributed by atoms with Gasteiger partial charge in [0.25, 0.3) is 5.91 Å². The van der Waals surface area contributed by atoms with Crippen LogP contribution in [0.25, 0.3) is 22.2 Å². The first-order chi connectivity index (χ1) is 16.9. The Morgan fingerprint density at radius 3 is 2.57 bits per heavy atom. The predicted octanol–water partition coefficient (Wildman–Crippen LogP) is 4.54. The summed E-state index contributed by atoms with van der Waals surface area (Å²) in [6.07, 6.45) is -1.11. The van der Waals surface area contributed by atoms with Crippen LogP contribution in [0.4, 0.5) is 5.00 Å². The number of thiophene rings is 1. The van der Waals surface area contributed by atoms with Crippen molar-refractivity contribution >= 4 is 45.2 Å². The van der Waals surface area contributed by atoms with Crippen molar-refractivity contribution in [2.45, 2.75) is 33.4 Å². The number of aromatic nitrogens is 3. The molecular formula is C25H24N4O5S. The summed E-state index contributed by atoms with van der Waals surface area (Å²) in [6.45, 7) is 5.97. The van der Waals surface area contributed by atoms with Gasteiger partial charge in [-0.2, -0.15) is 0 Å². The van der Waals surface area contributed by atoms with Gasteiger partial charge < -0.3 is 14.8 Å². The molecule has 35 heavy (non-hydrogen) atoms. The third kappa shape index (κ3) is 5.07. The van der Waals surface area contributed by atoms with Crippen LogP contribution in [-0.4, -0.2) is 45.6 Å². The first-order valence-corrected chi connectivity index (χ1v) is 12.0. The van der Waals surface area contributed by atoms with Gasteiger partial charge in [0.2, 0.25) is 0 Å². The van der Waals surface area contributed by atoms with Crippen LogP contribution >= 0.6 is 11.3 Å². The van der Waals surface area contributed by atoms with E-state index in [0.717, 1.165) is 11.1 Å². The number of aryl methyl sites for hydroxylation is 1. The van der Waals surface area contributed by atoms with Crippen LogP contribution in [0.2, 0.25) is 0 Å². The van der Waals surface area contributed by atoms with Crippen molar-refractivity contribution in [3.63, 3.8) is 0 Å². The van der Waals surface area contributed by atoms with Crippen LogP contribution in [0.3, 0.4) is 0 Å². The molecular weight excluding hydrogens is 468 g/mol. The number of hydrogen-bond donors (Lipinski definition) is 1. The lowest BCUT2D eigenvalue weighted by Crippen LogP contribution is -2.30. The van der Waals surface area contributed by atoms with E-state index >= 15 is 0 Å². The zero-order valence-corrected chi connectivity index (χ0v) is 20.3. The van der Waals surface area contributed by atoms with E-state index in [2.05, 4.69) is 15.6 Å². The third-order valence-corrected chi connectivity index (χ3v) is 6.19. The molecule has 2 heterocycles. The fourth-order valence-corrected chi connectivity index (χ4v) is 4.47. The van der Waals surface area contributed by atoms with E-state index in [1.165, 1.54) is 18.3 Å². The average Bonchev–Trinajstić information content (AvgIpc) is 3.48. The fourth-order valence-electron chi connectivity index (χ4n) is 3.51. The Kier molecular flexibility index (Phi) is 7.21. The van der Waals surface area contributed by atoms with Crippen LogP contribution in [-0.2, 0) is 20.8 Å². The zero-order valence-electron chi connectivity index (χ0n) is 19.5. The van der Waals surface area contributed by atoms with Crippen molar-refractivity contribution in [2.24, 2.45) is 0 Å². The van der Waals surface area contributed by atoms with Gasteiger partial charge in [-0.25, -0.2) is 14.3 Å². The number of nitrogens with zero attached hydrogens (tertiary/aromatic N) is 3. The molecule has 0 aliphatic rings. The highest BCUT2D eigenvalue weighted by atomic mass is 32.1. The summed E-state index contributed by atoms with van der Waals surface area (Å²) in [5, 5.41) is 12.9. The lowest BCUT2D eigenvalue weighted by atomic mass is 10.0. The largest absolute Gasteiger partial charge is 0.462 e. The topological polar surface area (TPSA) is 112 Å². The van der Waals surface area contributed by atoms with Gasteiger partial charge in [-0.3, -0.25) is 4.79 Å². The number of fused-ring (bicyclic) bond motifs is 1. The number of carbonyl (C=O) groups excluding carboxylic acids is 3. The van der Waals surface area contributed by atoms with Crippen molar-refractivity contribution in [3.8, 4) is 11.1 Å². The molecule has 0 fully saturated rings. The van der Waals surface area contributed by atoms with E-state index < -0.39 is 23.9 Å². The number of anilines is 1. The molecule has 1 amide bonds. The van der Waals surface area contributed by atoms with Crippen molar-refractivity contribution in [2.75, 3.05) is 11.9 Å². The predicted molar refractivity (Wildman–Crippen MR) is 132 cm³/mol. The zero-order chi connectivity index (χ0) is 24.9. The number of hydrogen-bond acceptors (Lipinski definition) is 8. The summed E-state index contributed by atoms with van der Waals surface area (Å²) in [7, 11) is 0. The molecule has 0 saturated heterocycles. The Hall–Kier alpha value is -4.05. The minimum absolute atomic E-state index is 0.195. The van der Waals surface area contributed by atoms with Crippen LogP contribution in [0.5, 0.6) is 0 Å². The number of carbonyl (C=O) groups is 3. The summed E-state index contributed by atoms with van der Waals surface area (Å²) < 4.78 is 12.3. The third-order valence-electron chi connectivity index (χ3n) is 5.29. The highest BCUT2D eigenvalue weighted by Gasteiger charge is 2.26. The quantitative estimate of drug-likeness (QED) is 0.359. The normalized spacial score (nSPS) is 11.7. The first kappa shape index (κ1) is 24.1. The molecule has 2 aromatic carbocycles. The van der Waals surface area contributed by atoms with Gasteiger partial charge in [-0.05, 0) is 44.5 Å². The Morgan fingerprint density at radius 1 is 1.09 bits per heavy atom. The summed E-state index contributed by atoms with van der Waals surface area (Å²) in [5.74, 6) is -1.77. The van der Waals surface area contributed by atoms with Crippen LogP contribution < -0.4 is 5.32 Å². The molecule has 180 valence electrons. The number of rotatable bonds is 8. The summed E-state index contributed by atoms with van der Waals surface area (Å²) in [4.78, 5) is 38.2. The SMILES string of the molecule is CCOC(=O)c1c(-c2ccccc2)csc1NC(=O)[C@H](C)OC(=O)c1ccc2c(c1)nnn2CC. The second kappa shape index (κ2) is 10.5. The van der Waals surface area contributed by atoms with Crippen molar-refractivity contribution in [1.82, 2.24) is 15.0 Å². The van der Waals surface area contributed by atoms with Crippen LogP contribution in [0.1, 0.15) is 41.5 Å². The van der Waals surface area contributed by atoms with E-state index in [9.17, 15) is 14.4 Å². The molecule has 2 aromatic heterocycles. The molecule has 1 atom stereocenters. The van der Waals surface area contributed by atoms with Gasteiger partial charge in [0.15, 0.2) is 6.10 Å². The molecule has 0 bridgehead atoms. The number of benzene rings is 2. The van der Waals surface area contributed by atoms with Gasteiger partial charge in [-0.1, -0.05) is 35.5 Å². The lowest BCUT2D eigenvalue weighted by molar-refractivity contribution is -0.123. The van der Waals surface area contributed by atoms with Crippen LogP contribution in [0.15, 0.2) is 53.9 Å². The molecule has 0 saturated carbocycles. The molecule has 1 N–H and O–H groups in total. The van der Waals surface area contributed by atoms with Gasteiger partial charge >= 0.3 is 11.9 Å². The molecule has 0 spiro atoms. The van der Waals surface area contributed by atoms with Crippen LogP contribution in [0, 0.1) is 0 Å². The second-order valence-corrected chi connectivity index (χ2v) is 8.47. The second-order valence-electron chi connectivity index (χ2n) is 7.59. The van der Waals surface area contributed by atoms with E-state index in [1.54, 1.807) is 35.2 Å². The van der Waals surface area contributed by atoms with Gasteiger partial charge in [0, 0.05) is 17.5 Å². The molecule has 10 heteroatoms. The van der Waals surface area contributed by atoms with Crippen molar-refractivity contribution < 1.29 is 23.9 Å². The number of nitrogens with one attached hydrogen (secondary N) is 1. The summed E-state index contributed by atoms with van der Waals surface area (Å²) in [5.41, 5.74) is 3.36. The Morgan fingerprint density at radius 2 is 1.86 bits per heavy atom. The molecule has 4 aromatic rings. The maximum Gasteiger partial charge on any atom is 0.341 e. The molecule has 0 radical (unpaired) electrons. The highest BCUT2D eigenvalue weighted by molar-refractivity contribution is 7.15. The van der Waals surface area contributed by atoms with Crippen molar-refractivity contribution in [3.05, 3.63) is 65.0 Å². The standard InChI is InChI=1S/C25H24N4O5S/c1-4-29-20-12-11-17(13-19(20)27-28-29)24(31)34-15(3)22(30)26-23-21(25(32)33-5-2)18(14-35-23)16-9-7-6-8-10-16/h6-15H,4-5H2,1-3H3,(H,26,30)/t15-/m0/s1. The molecule has 4 rings (SSSR count). The summed E-state index contributed by atoms with van der Waals surface area (Å²) >= 11 is 1.20. The van der Waals surface area contributed by atoms with Gasteiger partial charge in [-0.15, -0.1) is 16.4 Å². The Balaban J connectivity index is 1.50. The Labute approximate surface area is 205 Å². The highest BCUT2D eigenvalue weighted by Crippen LogP contribution is 2.36.